The first-order valence-corrected chi connectivity index (χ1v) is 5.15. The maximum Gasteiger partial charge on any atom is 0.405 e. The van der Waals surface area contributed by atoms with Crippen LogP contribution in [0.4, 0.5) is 4.79 Å². The first-order chi connectivity index (χ1) is 6.41. The van der Waals surface area contributed by atoms with Crippen LogP contribution in [0.15, 0.2) is 0 Å². The predicted octanol–water partition coefficient (Wildman–Crippen LogP) is 1.38. The molecule has 0 spiro atoms. The Labute approximate surface area is 85.0 Å². The molecule has 1 rings (SSSR count). The molecule has 1 fully saturated rings. The summed E-state index contributed by atoms with van der Waals surface area (Å²) in [5.74, 6) is 0.462. The van der Waals surface area contributed by atoms with Crippen molar-refractivity contribution in [1.82, 2.24) is 0 Å². The average Bonchev–Trinajstić information content (AvgIpc) is 2.32. The molecule has 1 saturated carbocycles. The van der Waals surface area contributed by atoms with Crippen LogP contribution in [-0.4, -0.2) is 17.7 Å². The number of rotatable bonds is 3. The van der Waals surface area contributed by atoms with Gasteiger partial charge < -0.3 is 16.2 Å². The van der Waals surface area contributed by atoms with Gasteiger partial charge in [0.2, 0.25) is 0 Å². The predicted molar refractivity (Wildman–Crippen MR) is 54.7 cm³/mol. The fourth-order valence-electron chi connectivity index (χ4n) is 2.26. The number of ether oxygens (including phenoxy) is 1. The number of primary amides is 1. The van der Waals surface area contributed by atoms with E-state index in [0.717, 1.165) is 19.3 Å². The second-order valence-electron chi connectivity index (χ2n) is 4.74. The number of carbonyl (C=O) groups is 1. The molecule has 0 saturated heterocycles. The highest BCUT2D eigenvalue weighted by Gasteiger charge is 2.32. The molecule has 0 bridgehead atoms. The molecule has 0 aliphatic heterocycles. The zero-order valence-electron chi connectivity index (χ0n) is 8.95. The Hall–Kier alpha value is -0.770. The maximum atomic E-state index is 10.6. The van der Waals surface area contributed by atoms with Crippen molar-refractivity contribution < 1.29 is 9.53 Å². The Morgan fingerprint density at radius 2 is 2.14 bits per heavy atom. The Kier molecular flexibility index (Phi) is 3.37. The van der Waals surface area contributed by atoms with Crippen LogP contribution >= 0.6 is 0 Å². The molecular weight excluding hydrogens is 180 g/mol. The highest BCUT2D eigenvalue weighted by atomic mass is 16.6. The van der Waals surface area contributed by atoms with Crippen molar-refractivity contribution in [3.63, 3.8) is 0 Å². The first-order valence-electron chi connectivity index (χ1n) is 5.15. The van der Waals surface area contributed by atoms with Crippen LogP contribution < -0.4 is 11.5 Å². The lowest BCUT2D eigenvalue weighted by molar-refractivity contribution is 0.0255. The smallest absolute Gasteiger partial charge is 0.405 e. The van der Waals surface area contributed by atoms with Crippen molar-refractivity contribution >= 4 is 6.09 Å². The van der Waals surface area contributed by atoms with E-state index in [-0.39, 0.29) is 6.04 Å². The molecular formula is C10H20N2O2. The quantitative estimate of drug-likeness (QED) is 0.722. The van der Waals surface area contributed by atoms with Gasteiger partial charge in [0, 0.05) is 6.04 Å². The van der Waals surface area contributed by atoms with Crippen molar-refractivity contribution in [2.24, 2.45) is 17.4 Å². The SMILES string of the molecule is CC(C)(CC1CCCC1N)OC(N)=O. The normalized spacial score (nSPS) is 27.6. The van der Waals surface area contributed by atoms with Crippen molar-refractivity contribution in [1.29, 1.82) is 0 Å². The van der Waals surface area contributed by atoms with E-state index in [2.05, 4.69) is 0 Å². The molecule has 1 amide bonds. The van der Waals surface area contributed by atoms with Gasteiger partial charge in [-0.05, 0) is 39.0 Å². The zero-order valence-corrected chi connectivity index (χ0v) is 8.95. The van der Waals surface area contributed by atoms with Gasteiger partial charge in [0.25, 0.3) is 0 Å². The van der Waals surface area contributed by atoms with Crippen LogP contribution in [0.1, 0.15) is 39.5 Å². The van der Waals surface area contributed by atoms with Crippen LogP contribution in [-0.2, 0) is 4.74 Å². The van der Waals surface area contributed by atoms with E-state index in [1.807, 2.05) is 13.8 Å². The summed E-state index contributed by atoms with van der Waals surface area (Å²) in [5, 5.41) is 0. The van der Waals surface area contributed by atoms with Gasteiger partial charge in [-0.2, -0.15) is 0 Å². The molecule has 1 aliphatic carbocycles. The lowest BCUT2D eigenvalue weighted by Crippen LogP contribution is -2.36. The molecule has 14 heavy (non-hydrogen) atoms. The third kappa shape index (κ3) is 3.18. The molecule has 1 aliphatic rings. The largest absolute Gasteiger partial charge is 0.444 e. The Morgan fingerprint density at radius 1 is 1.50 bits per heavy atom. The summed E-state index contributed by atoms with van der Waals surface area (Å²) in [7, 11) is 0. The number of hydrogen-bond acceptors (Lipinski definition) is 3. The Morgan fingerprint density at radius 3 is 2.57 bits per heavy atom. The van der Waals surface area contributed by atoms with Crippen molar-refractivity contribution in [3.8, 4) is 0 Å². The summed E-state index contributed by atoms with van der Waals surface area (Å²) >= 11 is 0. The summed E-state index contributed by atoms with van der Waals surface area (Å²) in [6.45, 7) is 3.76. The molecule has 4 heteroatoms. The minimum absolute atomic E-state index is 0.255. The van der Waals surface area contributed by atoms with E-state index in [1.165, 1.54) is 6.42 Å². The van der Waals surface area contributed by atoms with Gasteiger partial charge in [0.1, 0.15) is 5.60 Å². The summed E-state index contributed by atoms with van der Waals surface area (Å²) in [4.78, 5) is 10.6. The average molecular weight is 200 g/mol. The molecule has 0 radical (unpaired) electrons. The number of carbonyl (C=O) groups excluding carboxylic acids is 1. The monoisotopic (exact) mass is 200 g/mol. The van der Waals surface area contributed by atoms with E-state index in [0.29, 0.717) is 5.92 Å². The van der Waals surface area contributed by atoms with Crippen LogP contribution in [0.25, 0.3) is 0 Å². The third-order valence-electron chi connectivity index (χ3n) is 2.85. The zero-order chi connectivity index (χ0) is 10.8. The van der Waals surface area contributed by atoms with E-state index in [9.17, 15) is 4.79 Å². The molecule has 82 valence electrons. The molecule has 4 nitrogen and oxygen atoms in total. The van der Waals surface area contributed by atoms with Crippen molar-refractivity contribution in [2.75, 3.05) is 0 Å². The standard InChI is InChI=1S/C10H20N2O2/c1-10(2,14-9(12)13)6-7-4-3-5-8(7)11/h7-8H,3-6,11H2,1-2H3,(H2,12,13). The molecule has 0 aromatic heterocycles. The van der Waals surface area contributed by atoms with Crippen molar-refractivity contribution in [2.45, 2.75) is 51.2 Å². The lowest BCUT2D eigenvalue weighted by atomic mass is 9.90. The van der Waals surface area contributed by atoms with Gasteiger partial charge in [-0.1, -0.05) is 6.42 Å². The topological polar surface area (TPSA) is 78.3 Å². The highest BCUT2D eigenvalue weighted by Crippen LogP contribution is 2.32. The molecule has 4 N–H and O–H groups in total. The lowest BCUT2D eigenvalue weighted by Gasteiger charge is -2.28. The fraction of sp³-hybridized carbons (Fsp3) is 0.900. The Balaban J connectivity index is 2.45. The van der Waals surface area contributed by atoms with Gasteiger partial charge in [-0.15, -0.1) is 0 Å². The minimum Gasteiger partial charge on any atom is -0.444 e. The van der Waals surface area contributed by atoms with E-state index in [1.54, 1.807) is 0 Å². The highest BCUT2D eigenvalue weighted by molar-refractivity contribution is 5.65. The maximum absolute atomic E-state index is 10.6. The van der Waals surface area contributed by atoms with Crippen LogP contribution in [0.3, 0.4) is 0 Å². The molecule has 0 aromatic rings. The van der Waals surface area contributed by atoms with Gasteiger partial charge in [0.15, 0.2) is 0 Å². The molecule has 0 aromatic carbocycles. The van der Waals surface area contributed by atoms with Gasteiger partial charge >= 0.3 is 6.09 Å². The molecule has 2 atom stereocenters. The molecule has 0 heterocycles. The number of nitrogens with two attached hydrogens (primary N) is 2. The first kappa shape index (κ1) is 11.3. The van der Waals surface area contributed by atoms with Crippen LogP contribution in [0.5, 0.6) is 0 Å². The van der Waals surface area contributed by atoms with Crippen molar-refractivity contribution in [3.05, 3.63) is 0 Å². The second-order valence-corrected chi connectivity index (χ2v) is 4.74. The summed E-state index contributed by atoms with van der Waals surface area (Å²) in [5.41, 5.74) is 10.5. The number of hydrogen-bond donors (Lipinski definition) is 2. The van der Waals surface area contributed by atoms with Gasteiger partial charge in [-0.3, -0.25) is 0 Å². The minimum atomic E-state index is -0.707. The van der Waals surface area contributed by atoms with E-state index in [4.69, 9.17) is 16.2 Å². The van der Waals surface area contributed by atoms with Crippen LogP contribution in [0, 0.1) is 5.92 Å². The summed E-state index contributed by atoms with van der Waals surface area (Å²) < 4.78 is 5.03. The third-order valence-corrected chi connectivity index (χ3v) is 2.85. The van der Waals surface area contributed by atoms with E-state index >= 15 is 0 Å². The van der Waals surface area contributed by atoms with Crippen LogP contribution in [0.2, 0.25) is 0 Å². The number of amides is 1. The molecule has 2 unspecified atom stereocenters. The second kappa shape index (κ2) is 4.17. The van der Waals surface area contributed by atoms with Gasteiger partial charge in [-0.25, -0.2) is 4.79 Å². The summed E-state index contributed by atoms with van der Waals surface area (Å²) in [6.07, 6.45) is 3.49. The summed E-state index contributed by atoms with van der Waals surface area (Å²) in [6, 6.07) is 0.255. The van der Waals surface area contributed by atoms with E-state index < -0.39 is 11.7 Å². The Bertz CT molecular complexity index is 216. The van der Waals surface area contributed by atoms with Gasteiger partial charge in [0.05, 0.1) is 0 Å². The fourth-order valence-corrected chi connectivity index (χ4v) is 2.26.